The highest BCUT2D eigenvalue weighted by Gasteiger charge is 2.14. The molecular formula is C17H21N5OS. The number of unbranched alkanes of at least 4 members (excludes halogenated alkanes) is 1. The molecule has 0 radical (unpaired) electrons. The first-order valence-corrected chi connectivity index (χ1v) is 9.07. The average Bonchev–Trinajstić information content (AvgIpc) is 3.18. The number of aryl methyl sites for hydroxylation is 2. The van der Waals surface area contributed by atoms with Gasteiger partial charge in [0, 0.05) is 19.0 Å². The van der Waals surface area contributed by atoms with Crippen LogP contribution in [-0.2, 0) is 19.2 Å². The fourth-order valence-corrected chi connectivity index (χ4v) is 3.16. The Bertz CT molecular complexity index is 811. The van der Waals surface area contributed by atoms with Crippen LogP contribution in [0.4, 0.5) is 0 Å². The number of thioether (sulfide) groups is 1. The van der Waals surface area contributed by atoms with E-state index in [1.165, 1.54) is 5.56 Å². The summed E-state index contributed by atoms with van der Waals surface area (Å²) in [6.45, 7) is 4.23. The first kappa shape index (κ1) is 16.7. The van der Waals surface area contributed by atoms with Crippen molar-refractivity contribution in [2.24, 2.45) is 7.05 Å². The summed E-state index contributed by atoms with van der Waals surface area (Å²) in [6, 6.07) is 8.18. The van der Waals surface area contributed by atoms with Crippen molar-refractivity contribution in [3.63, 3.8) is 0 Å². The average molecular weight is 343 g/mol. The minimum absolute atomic E-state index is 0.596. The zero-order valence-corrected chi connectivity index (χ0v) is 15.0. The Kier molecular flexibility index (Phi) is 5.30. The van der Waals surface area contributed by atoms with E-state index in [9.17, 15) is 0 Å². The van der Waals surface area contributed by atoms with Crippen molar-refractivity contribution in [3.05, 3.63) is 41.5 Å². The molecule has 6 nitrogen and oxygen atoms in total. The second kappa shape index (κ2) is 7.61. The summed E-state index contributed by atoms with van der Waals surface area (Å²) in [4.78, 5) is 4.42. The van der Waals surface area contributed by atoms with E-state index in [1.54, 1.807) is 11.8 Å². The molecule has 0 fully saturated rings. The third-order valence-electron chi connectivity index (χ3n) is 3.81. The molecule has 3 aromatic rings. The van der Waals surface area contributed by atoms with E-state index < -0.39 is 0 Å². The van der Waals surface area contributed by atoms with E-state index in [4.69, 9.17) is 4.52 Å². The smallest absolute Gasteiger partial charge is 0.237 e. The highest BCUT2D eigenvalue weighted by atomic mass is 32.2. The summed E-state index contributed by atoms with van der Waals surface area (Å²) in [5, 5.41) is 13.5. The van der Waals surface area contributed by atoms with Crippen LogP contribution in [0.3, 0.4) is 0 Å². The number of aromatic nitrogens is 5. The zero-order valence-electron chi connectivity index (χ0n) is 14.2. The Labute approximate surface area is 145 Å². The molecule has 24 heavy (non-hydrogen) atoms. The molecule has 2 aromatic heterocycles. The van der Waals surface area contributed by atoms with Crippen molar-refractivity contribution in [1.29, 1.82) is 0 Å². The summed E-state index contributed by atoms with van der Waals surface area (Å²) < 4.78 is 7.30. The van der Waals surface area contributed by atoms with Crippen molar-refractivity contribution in [3.8, 4) is 11.4 Å². The Balaban J connectivity index is 1.68. The largest absolute Gasteiger partial charge is 0.338 e. The predicted molar refractivity (Wildman–Crippen MR) is 93.6 cm³/mol. The van der Waals surface area contributed by atoms with Gasteiger partial charge < -0.3 is 9.09 Å². The van der Waals surface area contributed by atoms with Gasteiger partial charge in [-0.2, -0.15) is 4.98 Å². The van der Waals surface area contributed by atoms with Gasteiger partial charge in [-0.05, 0) is 18.9 Å². The van der Waals surface area contributed by atoms with E-state index in [0.717, 1.165) is 41.6 Å². The van der Waals surface area contributed by atoms with Gasteiger partial charge in [-0.3, -0.25) is 0 Å². The predicted octanol–water partition coefficient (Wildman–Crippen LogP) is 3.81. The van der Waals surface area contributed by atoms with Crippen molar-refractivity contribution in [2.45, 2.75) is 44.0 Å². The summed E-state index contributed by atoms with van der Waals surface area (Å²) >= 11 is 1.55. The van der Waals surface area contributed by atoms with Gasteiger partial charge in [-0.25, -0.2) is 0 Å². The van der Waals surface area contributed by atoms with Gasteiger partial charge in [0.2, 0.25) is 5.89 Å². The SMILES string of the molecule is CCCCc1noc(CSc2nnc(-c3ccccc3C)n2C)n1. The lowest BCUT2D eigenvalue weighted by Gasteiger charge is -2.05. The van der Waals surface area contributed by atoms with Crippen LogP contribution in [0.15, 0.2) is 33.9 Å². The fraction of sp³-hybridized carbons (Fsp3) is 0.412. The van der Waals surface area contributed by atoms with Crippen molar-refractivity contribution >= 4 is 11.8 Å². The second-order valence-electron chi connectivity index (χ2n) is 5.68. The second-order valence-corrected chi connectivity index (χ2v) is 6.62. The third-order valence-corrected chi connectivity index (χ3v) is 4.81. The molecule has 0 aliphatic carbocycles. The monoisotopic (exact) mass is 343 g/mol. The molecule has 0 saturated carbocycles. The Hall–Kier alpha value is -2.15. The lowest BCUT2D eigenvalue weighted by Crippen LogP contribution is -1.96. The Morgan fingerprint density at radius 1 is 1.21 bits per heavy atom. The molecule has 0 spiro atoms. The normalized spacial score (nSPS) is 11.1. The molecule has 0 bridgehead atoms. The topological polar surface area (TPSA) is 69.6 Å². The fourth-order valence-electron chi connectivity index (χ4n) is 2.41. The van der Waals surface area contributed by atoms with Crippen molar-refractivity contribution in [2.75, 3.05) is 0 Å². The van der Waals surface area contributed by atoms with Crippen LogP contribution < -0.4 is 0 Å². The van der Waals surface area contributed by atoms with E-state index in [1.807, 2.05) is 23.7 Å². The minimum Gasteiger partial charge on any atom is -0.338 e. The van der Waals surface area contributed by atoms with Crippen molar-refractivity contribution in [1.82, 2.24) is 24.9 Å². The highest BCUT2D eigenvalue weighted by Crippen LogP contribution is 2.26. The van der Waals surface area contributed by atoms with E-state index in [0.29, 0.717) is 11.6 Å². The molecule has 0 saturated heterocycles. The molecule has 0 aliphatic heterocycles. The van der Waals surface area contributed by atoms with Gasteiger partial charge in [-0.1, -0.05) is 54.5 Å². The van der Waals surface area contributed by atoms with Crippen LogP contribution in [0.2, 0.25) is 0 Å². The summed E-state index contributed by atoms with van der Waals surface area (Å²) in [5.41, 5.74) is 2.28. The summed E-state index contributed by atoms with van der Waals surface area (Å²) in [5.74, 6) is 2.88. The van der Waals surface area contributed by atoms with Gasteiger partial charge in [-0.15, -0.1) is 10.2 Å². The molecule has 126 valence electrons. The first-order chi connectivity index (χ1) is 11.7. The molecule has 2 heterocycles. The molecule has 0 atom stereocenters. The van der Waals surface area contributed by atoms with E-state index in [2.05, 4.69) is 46.3 Å². The number of hydrogen-bond donors (Lipinski definition) is 0. The highest BCUT2D eigenvalue weighted by molar-refractivity contribution is 7.98. The van der Waals surface area contributed by atoms with E-state index >= 15 is 0 Å². The first-order valence-electron chi connectivity index (χ1n) is 8.08. The standard InChI is InChI=1S/C17H21N5OS/c1-4-5-10-14-18-15(23-21-14)11-24-17-20-19-16(22(17)3)13-9-7-6-8-12(13)2/h6-9H,4-5,10-11H2,1-3H3. The molecular weight excluding hydrogens is 322 g/mol. The van der Waals surface area contributed by atoms with Crippen LogP contribution in [-0.4, -0.2) is 24.9 Å². The molecule has 0 amide bonds. The number of hydrogen-bond acceptors (Lipinski definition) is 6. The Morgan fingerprint density at radius 2 is 2.04 bits per heavy atom. The van der Waals surface area contributed by atoms with Crippen LogP contribution >= 0.6 is 11.8 Å². The van der Waals surface area contributed by atoms with Gasteiger partial charge >= 0.3 is 0 Å². The van der Waals surface area contributed by atoms with Crippen LogP contribution in [0, 0.1) is 6.92 Å². The van der Waals surface area contributed by atoms with Gasteiger partial charge in [0.1, 0.15) is 0 Å². The van der Waals surface area contributed by atoms with Gasteiger partial charge in [0.05, 0.1) is 5.75 Å². The molecule has 0 unspecified atom stereocenters. The quantitative estimate of drug-likeness (QED) is 0.608. The lowest BCUT2D eigenvalue weighted by molar-refractivity contribution is 0.384. The third kappa shape index (κ3) is 3.67. The number of rotatable bonds is 7. The summed E-state index contributed by atoms with van der Waals surface area (Å²) in [7, 11) is 1.98. The maximum Gasteiger partial charge on any atom is 0.237 e. The van der Waals surface area contributed by atoms with Crippen LogP contribution in [0.1, 0.15) is 37.0 Å². The maximum absolute atomic E-state index is 5.29. The maximum atomic E-state index is 5.29. The molecule has 0 N–H and O–H groups in total. The molecule has 3 rings (SSSR count). The molecule has 7 heteroatoms. The molecule has 1 aromatic carbocycles. The van der Waals surface area contributed by atoms with E-state index in [-0.39, 0.29) is 0 Å². The summed E-state index contributed by atoms with van der Waals surface area (Å²) in [6.07, 6.45) is 3.07. The lowest BCUT2D eigenvalue weighted by atomic mass is 10.1. The Morgan fingerprint density at radius 3 is 2.83 bits per heavy atom. The van der Waals surface area contributed by atoms with Crippen molar-refractivity contribution < 1.29 is 4.52 Å². The number of nitrogens with zero attached hydrogens (tertiary/aromatic N) is 5. The van der Waals surface area contributed by atoms with Crippen LogP contribution in [0.5, 0.6) is 0 Å². The minimum atomic E-state index is 0.596. The van der Waals surface area contributed by atoms with Crippen LogP contribution in [0.25, 0.3) is 11.4 Å². The van der Waals surface area contributed by atoms with Gasteiger partial charge in [0.15, 0.2) is 16.8 Å². The number of benzene rings is 1. The van der Waals surface area contributed by atoms with Gasteiger partial charge in [0.25, 0.3) is 0 Å². The zero-order chi connectivity index (χ0) is 16.9. The molecule has 0 aliphatic rings.